The maximum atomic E-state index is 14.2. The Labute approximate surface area is 200 Å². The average molecular weight is 491 g/mol. The van der Waals surface area contributed by atoms with E-state index < -0.39 is 71.2 Å². The fourth-order valence-corrected chi connectivity index (χ4v) is 4.89. The van der Waals surface area contributed by atoms with Crippen molar-refractivity contribution in [1.29, 1.82) is 0 Å². The number of carboxylic acids is 1. The number of hydrogen-bond acceptors (Lipinski definition) is 6. The molecule has 0 aliphatic carbocycles. The van der Waals surface area contributed by atoms with E-state index in [4.69, 9.17) is 4.74 Å². The molecule has 3 rings (SSSR count). The number of halogens is 2. The van der Waals surface area contributed by atoms with Crippen LogP contribution < -0.4 is 10.6 Å². The minimum atomic E-state index is -1.77. The average Bonchev–Trinajstić information content (AvgIpc) is 3.10. The molecule has 0 bridgehead atoms. The van der Waals surface area contributed by atoms with Crippen LogP contribution in [0, 0.1) is 33.6 Å². The molecule has 1 aliphatic heterocycles. The first-order valence-corrected chi connectivity index (χ1v) is 11.0. The summed E-state index contributed by atoms with van der Waals surface area (Å²) in [4.78, 5) is 35.4. The molecular weight excluding hydrogens is 464 g/mol. The van der Waals surface area contributed by atoms with E-state index in [1.165, 1.54) is 6.07 Å². The maximum absolute atomic E-state index is 14.2. The molecule has 0 spiro atoms. The Hall–Kier alpha value is -3.44. The lowest BCUT2D eigenvalue weighted by Gasteiger charge is -2.39. The topological polar surface area (TPSA) is 131 Å². The number of aliphatic carboxylic acids is 1. The Kier molecular flexibility index (Phi) is 8.13. The van der Waals surface area contributed by atoms with Crippen molar-refractivity contribution in [3.63, 3.8) is 0 Å². The van der Waals surface area contributed by atoms with Crippen molar-refractivity contribution in [1.82, 2.24) is 10.6 Å². The Morgan fingerprint density at radius 2 is 1.86 bits per heavy atom. The lowest BCUT2D eigenvalue weighted by molar-refractivity contribution is -0.536. The number of nitro groups is 1. The molecule has 1 aliphatic rings. The van der Waals surface area contributed by atoms with Crippen molar-refractivity contribution in [2.75, 3.05) is 0 Å². The molecule has 3 N–H and O–H groups in total. The van der Waals surface area contributed by atoms with E-state index in [0.29, 0.717) is 5.56 Å². The molecule has 5 atom stereocenters. The summed E-state index contributed by atoms with van der Waals surface area (Å²) < 4.78 is 34.4. The Morgan fingerprint density at radius 1 is 1.23 bits per heavy atom. The van der Waals surface area contributed by atoms with Crippen LogP contribution in [-0.4, -0.2) is 40.2 Å². The molecule has 0 aromatic heterocycles. The van der Waals surface area contributed by atoms with E-state index in [9.17, 15) is 33.6 Å². The van der Waals surface area contributed by atoms with Gasteiger partial charge in [-0.15, -0.1) is 0 Å². The monoisotopic (exact) mass is 491 g/mol. The zero-order valence-corrected chi connectivity index (χ0v) is 19.2. The highest BCUT2D eigenvalue weighted by atomic mass is 19.1. The number of benzene rings is 2. The fourth-order valence-electron chi connectivity index (χ4n) is 4.89. The van der Waals surface area contributed by atoms with Gasteiger partial charge in [-0.05, 0) is 23.6 Å². The fraction of sp³-hybridized carbons (Fsp3) is 0.417. The highest BCUT2D eigenvalue weighted by Crippen LogP contribution is 2.44. The first-order valence-electron chi connectivity index (χ1n) is 11.0. The van der Waals surface area contributed by atoms with Gasteiger partial charge in [0.2, 0.25) is 12.5 Å². The van der Waals surface area contributed by atoms with Crippen LogP contribution in [0.15, 0.2) is 48.5 Å². The van der Waals surface area contributed by atoms with Gasteiger partial charge < -0.3 is 15.2 Å². The first kappa shape index (κ1) is 26.2. The maximum Gasteiger partial charge on any atom is 0.307 e. The van der Waals surface area contributed by atoms with Crippen molar-refractivity contribution >= 4 is 12.4 Å². The molecular formula is C24H27F2N3O6. The second-order valence-electron chi connectivity index (χ2n) is 8.86. The lowest BCUT2D eigenvalue weighted by Crippen LogP contribution is -2.62. The van der Waals surface area contributed by atoms with Crippen molar-refractivity contribution in [2.24, 2.45) is 11.8 Å². The summed E-state index contributed by atoms with van der Waals surface area (Å²) in [5.74, 6) is -4.65. The standard InChI is InChI=1S/C24H27F2N3O6/c1-14(2)23(35-12-16-17(25)9-6-10-18(16)26)20-22(29(33)34)21(15-7-4-3-5-8-15)28-24(20,27-13-30)11-19(31)32/h3-10,13-14,20-23,28H,11-12H2,1-2H3,(H,27,30)(H,31,32)/t20-,21-,22-,23-,24+/m0/s1. The summed E-state index contributed by atoms with van der Waals surface area (Å²) in [6.45, 7) is 2.85. The molecule has 0 unspecified atom stereocenters. The summed E-state index contributed by atoms with van der Waals surface area (Å²) in [6, 6.07) is 9.35. The quantitative estimate of drug-likeness (QED) is 0.250. The van der Waals surface area contributed by atoms with Gasteiger partial charge in [0.15, 0.2) is 0 Å². The molecule has 0 radical (unpaired) electrons. The minimum Gasteiger partial charge on any atom is -0.481 e. The van der Waals surface area contributed by atoms with Gasteiger partial charge in [0.05, 0.1) is 25.0 Å². The van der Waals surface area contributed by atoms with Crippen LogP contribution in [-0.2, 0) is 20.9 Å². The largest absolute Gasteiger partial charge is 0.481 e. The van der Waals surface area contributed by atoms with Crippen LogP contribution >= 0.6 is 0 Å². The van der Waals surface area contributed by atoms with Crippen molar-refractivity contribution in [3.05, 3.63) is 81.4 Å². The molecule has 188 valence electrons. The van der Waals surface area contributed by atoms with E-state index in [1.54, 1.807) is 44.2 Å². The predicted octanol–water partition coefficient (Wildman–Crippen LogP) is 3.03. The lowest BCUT2D eigenvalue weighted by atomic mass is 9.77. The number of carbonyl (C=O) groups excluding carboxylic acids is 1. The van der Waals surface area contributed by atoms with Crippen molar-refractivity contribution in [2.45, 2.75) is 50.7 Å². The Morgan fingerprint density at radius 3 is 2.37 bits per heavy atom. The number of nitrogens with zero attached hydrogens (tertiary/aromatic N) is 1. The first-order chi connectivity index (χ1) is 16.6. The summed E-state index contributed by atoms with van der Waals surface area (Å²) in [5.41, 5.74) is -1.61. The zero-order valence-electron chi connectivity index (χ0n) is 19.2. The molecule has 9 nitrogen and oxygen atoms in total. The number of ether oxygens (including phenoxy) is 1. The van der Waals surface area contributed by atoms with Gasteiger partial charge >= 0.3 is 5.97 Å². The van der Waals surface area contributed by atoms with Crippen LogP contribution in [0.25, 0.3) is 0 Å². The van der Waals surface area contributed by atoms with Crippen LogP contribution in [0.1, 0.15) is 37.4 Å². The predicted molar refractivity (Wildman–Crippen MR) is 121 cm³/mol. The molecule has 1 fully saturated rings. The molecule has 2 aromatic rings. The normalized spacial score (nSPS) is 24.8. The van der Waals surface area contributed by atoms with Gasteiger partial charge in [-0.1, -0.05) is 50.2 Å². The molecule has 11 heteroatoms. The molecule has 0 saturated carbocycles. The number of rotatable bonds is 11. The van der Waals surface area contributed by atoms with E-state index in [2.05, 4.69) is 10.6 Å². The summed E-state index contributed by atoms with van der Waals surface area (Å²) in [5, 5.41) is 27.5. The van der Waals surface area contributed by atoms with Crippen LogP contribution in [0.4, 0.5) is 8.78 Å². The summed E-state index contributed by atoms with van der Waals surface area (Å²) in [6.07, 6.45) is -1.47. The van der Waals surface area contributed by atoms with Gasteiger partial charge in [-0.25, -0.2) is 8.78 Å². The smallest absolute Gasteiger partial charge is 0.307 e. The second kappa shape index (κ2) is 10.9. The Balaban J connectivity index is 2.11. The number of carbonyl (C=O) groups is 2. The SMILES string of the molecule is CC(C)[C@H](OCc1c(F)cccc1F)[C@@H]1[C@H]([N+](=O)[O-])[C@H](c2ccccc2)N[C@@]1(CC(=O)O)NC=O. The van der Waals surface area contributed by atoms with Crippen LogP contribution in [0.2, 0.25) is 0 Å². The van der Waals surface area contributed by atoms with Crippen LogP contribution in [0.5, 0.6) is 0 Å². The number of amides is 1. The third-order valence-electron chi connectivity index (χ3n) is 6.33. The summed E-state index contributed by atoms with van der Waals surface area (Å²) in [7, 11) is 0. The number of nitrogens with one attached hydrogen (secondary N) is 2. The zero-order chi connectivity index (χ0) is 25.8. The Bertz CT molecular complexity index is 1050. The number of carboxylic acid groups (broad SMARTS) is 1. The van der Waals surface area contributed by atoms with Gasteiger partial charge in [-0.3, -0.25) is 25.0 Å². The third-order valence-corrected chi connectivity index (χ3v) is 6.33. The molecule has 35 heavy (non-hydrogen) atoms. The van der Waals surface area contributed by atoms with Gasteiger partial charge in [-0.2, -0.15) is 0 Å². The second-order valence-corrected chi connectivity index (χ2v) is 8.86. The van der Waals surface area contributed by atoms with Gasteiger partial charge in [0.25, 0.3) is 0 Å². The third kappa shape index (κ3) is 5.46. The van der Waals surface area contributed by atoms with E-state index in [-0.39, 0.29) is 12.0 Å². The number of hydrogen-bond donors (Lipinski definition) is 3. The minimum absolute atomic E-state index is 0.279. The van der Waals surface area contributed by atoms with Crippen LogP contribution in [0.3, 0.4) is 0 Å². The molecule has 1 amide bonds. The van der Waals surface area contributed by atoms with Gasteiger partial charge in [0, 0.05) is 10.5 Å². The molecule has 1 saturated heterocycles. The van der Waals surface area contributed by atoms with Crippen molar-refractivity contribution in [3.8, 4) is 0 Å². The van der Waals surface area contributed by atoms with E-state index in [0.717, 1.165) is 12.1 Å². The van der Waals surface area contributed by atoms with E-state index >= 15 is 0 Å². The highest BCUT2D eigenvalue weighted by molar-refractivity contribution is 5.69. The highest BCUT2D eigenvalue weighted by Gasteiger charge is 2.63. The molecule has 1 heterocycles. The van der Waals surface area contributed by atoms with Gasteiger partial charge in [0.1, 0.15) is 23.3 Å². The van der Waals surface area contributed by atoms with Crippen molar-refractivity contribution < 1.29 is 33.1 Å². The molecule has 2 aromatic carbocycles. The summed E-state index contributed by atoms with van der Waals surface area (Å²) >= 11 is 0. The van der Waals surface area contributed by atoms with E-state index in [1.807, 2.05) is 0 Å².